The molecule has 3 radical (unpaired) electrons. The van der Waals surface area contributed by atoms with Gasteiger partial charge in [0.25, 0.3) is 0 Å². The summed E-state index contributed by atoms with van der Waals surface area (Å²) in [5, 5.41) is 0. The molecule has 0 aliphatic carbocycles. The van der Waals surface area contributed by atoms with Crippen LogP contribution in [0.3, 0.4) is 0 Å². The third kappa shape index (κ3) is 1.90. The number of rotatable bonds is 2. The molecule has 10 heavy (non-hydrogen) atoms. The smallest absolute Gasteiger partial charge is 0.0176 e. The van der Waals surface area contributed by atoms with Crippen molar-refractivity contribution in [1.82, 2.24) is 4.98 Å². The maximum Gasteiger partial charge on any atom is 0.0176 e. The summed E-state index contributed by atoms with van der Waals surface area (Å²) in [6.45, 7) is 4.35. The van der Waals surface area contributed by atoms with Crippen LogP contribution < -0.4 is 0 Å². The van der Waals surface area contributed by atoms with Crippen LogP contribution >= 0.6 is 0 Å². The second kappa shape index (κ2) is 4.60. The summed E-state index contributed by atoms with van der Waals surface area (Å²) >= 11 is 0. The fourth-order valence-electron chi connectivity index (χ4n) is 1.10. The standard InChI is InChI=1S/C8H13N.Al/c1-3-7-5-6-9-8(7)4-2;/h5-6,9H,3-4H2,1-2H3;. The minimum atomic E-state index is 0. The Kier molecular flexibility index (Phi) is 4.51. The van der Waals surface area contributed by atoms with Gasteiger partial charge in [-0.2, -0.15) is 0 Å². The van der Waals surface area contributed by atoms with E-state index in [1.54, 1.807) is 0 Å². The molecular formula is C8H13AlN. The van der Waals surface area contributed by atoms with Crippen molar-refractivity contribution >= 4 is 17.4 Å². The van der Waals surface area contributed by atoms with E-state index in [1.165, 1.54) is 11.3 Å². The molecule has 0 amide bonds. The predicted octanol–water partition coefficient (Wildman–Crippen LogP) is 1.76. The maximum atomic E-state index is 3.21. The number of H-pyrrole nitrogens is 1. The van der Waals surface area contributed by atoms with E-state index in [1.807, 2.05) is 6.20 Å². The van der Waals surface area contributed by atoms with Crippen LogP contribution in [0.5, 0.6) is 0 Å². The van der Waals surface area contributed by atoms with Crippen molar-refractivity contribution in [2.75, 3.05) is 0 Å². The Labute approximate surface area is 73.0 Å². The van der Waals surface area contributed by atoms with Crippen molar-refractivity contribution in [3.63, 3.8) is 0 Å². The van der Waals surface area contributed by atoms with Crippen LogP contribution in [0, 0.1) is 0 Å². The van der Waals surface area contributed by atoms with Crippen LogP contribution in [-0.2, 0) is 12.8 Å². The minimum Gasteiger partial charge on any atom is -0.365 e. The number of nitrogens with one attached hydrogen (secondary N) is 1. The Morgan fingerprint density at radius 3 is 2.40 bits per heavy atom. The van der Waals surface area contributed by atoms with Gasteiger partial charge in [-0.1, -0.05) is 13.8 Å². The number of aryl methyl sites for hydroxylation is 2. The van der Waals surface area contributed by atoms with Crippen molar-refractivity contribution < 1.29 is 0 Å². The van der Waals surface area contributed by atoms with Gasteiger partial charge >= 0.3 is 0 Å². The van der Waals surface area contributed by atoms with E-state index in [0.717, 1.165) is 12.8 Å². The third-order valence-electron chi connectivity index (χ3n) is 1.66. The first-order valence-electron chi connectivity index (χ1n) is 3.53. The average Bonchev–Trinajstić information content (AvgIpc) is 2.33. The largest absolute Gasteiger partial charge is 0.365 e. The molecule has 2 heteroatoms. The summed E-state index contributed by atoms with van der Waals surface area (Å²) in [4.78, 5) is 3.21. The molecule has 0 fully saturated rings. The zero-order valence-corrected chi connectivity index (χ0v) is 7.80. The van der Waals surface area contributed by atoms with Gasteiger partial charge in [-0.15, -0.1) is 0 Å². The number of hydrogen-bond donors (Lipinski definition) is 1. The Morgan fingerprint density at radius 1 is 1.30 bits per heavy atom. The summed E-state index contributed by atoms with van der Waals surface area (Å²) in [6, 6.07) is 2.15. The normalized spacial score (nSPS) is 9.00. The van der Waals surface area contributed by atoms with Crippen molar-refractivity contribution in [2.24, 2.45) is 0 Å². The van der Waals surface area contributed by atoms with Gasteiger partial charge in [-0.05, 0) is 24.5 Å². The molecule has 1 nitrogen and oxygen atoms in total. The summed E-state index contributed by atoms with van der Waals surface area (Å²) in [5.74, 6) is 0. The van der Waals surface area contributed by atoms with Gasteiger partial charge in [0, 0.05) is 29.3 Å². The lowest BCUT2D eigenvalue weighted by Crippen LogP contribution is -1.85. The van der Waals surface area contributed by atoms with Crippen molar-refractivity contribution in [3.8, 4) is 0 Å². The lowest BCUT2D eigenvalue weighted by molar-refractivity contribution is 1.00. The van der Waals surface area contributed by atoms with E-state index in [-0.39, 0.29) is 17.4 Å². The third-order valence-corrected chi connectivity index (χ3v) is 1.66. The molecule has 0 unspecified atom stereocenters. The number of aromatic nitrogens is 1. The van der Waals surface area contributed by atoms with Gasteiger partial charge in [-0.3, -0.25) is 0 Å². The van der Waals surface area contributed by atoms with Crippen LogP contribution in [0.4, 0.5) is 0 Å². The molecule has 0 saturated carbocycles. The highest BCUT2D eigenvalue weighted by Crippen LogP contribution is 2.06. The molecule has 53 valence electrons. The minimum absolute atomic E-state index is 0. The lowest BCUT2D eigenvalue weighted by atomic mass is 10.2. The van der Waals surface area contributed by atoms with Crippen LogP contribution in [0.2, 0.25) is 0 Å². The summed E-state index contributed by atoms with van der Waals surface area (Å²) in [5.41, 5.74) is 2.84. The molecule has 1 heterocycles. The quantitative estimate of drug-likeness (QED) is 0.618. The molecule has 0 aliphatic heterocycles. The Morgan fingerprint density at radius 2 is 2.00 bits per heavy atom. The molecular weight excluding hydrogens is 137 g/mol. The van der Waals surface area contributed by atoms with E-state index in [9.17, 15) is 0 Å². The van der Waals surface area contributed by atoms with Crippen molar-refractivity contribution in [3.05, 3.63) is 23.5 Å². The van der Waals surface area contributed by atoms with E-state index < -0.39 is 0 Å². The first-order chi connectivity index (χ1) is 4.38. The lowest BCUT2D eigenvalue weighted by Gasteiger charge is -1.94. The highest BCUT2D eigenvalue weighted by Gasteiger charge is 1.95. The van der Waals surface area contributed by atoms with Crippen LogP contribution in [0.1, 0.15) is 25.1 Å². The molecule has 0 aliphatic rings. The van der Waals surface area contributed by atoms with Gasteiger partial charge in [0.2, 0.25) is 0 Å². The molecule has 0 saturated heterocycles. The highest BCUT2D eigenvalue weighted by atomic mass is 27.0. The number of hydrogen-bond acceptors (Lipinski definition) is 0. The second-order valence-electron chi connectivity index (χ2n) is 2.19. The molecule has 1 rings (SSSR count). The molecule has 1 aromatic rings. The SMILES string of the molecule is CCc1cc[nH]c1CC.[Al]. The zero-order chi connectivity index (χ0) is 6.69. The highest BCUT2D eigenvalue weighted by molar-refractivity contribution is 5.75. The maximum absolute atomic E-state index is 3.21. The van der Waals surface area contributed by atoms with E-state index in [4.69, 9.17) is 0 Å². The Hall–Kier alpha value is -0.188. The first-order valence-corrected chi connectivity index (χ1v) is 3.53. The average molecular weight is 150 g/mol. The Balaban J connectivity index is 0.000000810. The van der Waals surface area contributed by atoms with Gasteiger partial charge in [0.05, 0.1) is 0 Å². The van der Waals surface area contributed by atoms with Crippen molar-refractivity contribution in [1.29, 1.82) is 0 Å². The van der Waals surface area contributed by atoms with E-state index >= 15 is 0 Å². The fraction of sp³-hybridized carbons (Fsp3) is 0.500. The monoisotopic (exact) mass is 150 g/mol. The number of aromatic amines is 1. The molecule has 1 N–H and O–H groups in total. The Bertz CT molecular complexity index is 163. The van der Waals surface area contributed by atoms with Gasteiger partial charge < -0.3 is 4.98 Å². The molecule has 0 spiro atoms. The van der Waals surface area contributed by atoms with Crippen molar-refractivity contribution in [2.45, 2.75) is 26.7 Å². The predicted molar refractivity (Wildman–Crippen MR) is 45.3 cm³/mol. The summed E-state index contributed by atoms with van der Waals surface area (Å²) < 4.78 is 0. The van der Waals surface area contributed by atoms with Gasteiger partial charge in [0.1, 0.15) is 0 Å². The van der Waals surface area contributed by atoms with Crippen LogP contribution in [-0.4, -0.2) is 22.3 Å². The second-order valence-corrected chi connectivity index (χ2v) is 2.19. The van der Waals surface area contributed by atoms with Gasteiger partial charge in [0.15, 0.2) is 0 Å². The molecule has 0 aromatic carbocycles. The summed E-state index contributed by atoms with van der Waals surface area (Å²) in [7, 11) is 0. The summed E-state index contributed by atoms with van der Waals surface area (Å²) in [6.07, 6.45) is 4.28. The topological polar surface area (TPSA) is 15.8 Å². The molecule has 0 atom stereocenters. The van der Waals surface area contributed by atoms with Gasteiger partial charge in [-0.25, -0.2) is 0 Å². The van der Waals surface area contributed by atoms with E-state index in [2.05, 4.69) is 24.9 Å². The van der Waals surface area contributed by atoms with Crippen LogP contribution in [0.15, 0.2) is 12.3 Å². The fourth-order valence-corrected chi connectivity index (χ4v) is 1.10. The first kappa shape index (κ1) is 9.81. The molecule has 0 bridgehead atoms. The molecule has 1 aromatic heterocycles. The zero-order valence-electron chi connectivity index (χ0n) is 6.65. The van der Waals surface area contributed by atoms with Crippen LogP contribution in [0.25, 0.3) is 0 Å². The van der Waals surface area contributed by atoms with E-state index in [0.29, 0.717) is 0 Å².